The van der Waals surface area contributed by atoms with Crippen LogP contribution < -0.4 is 4.90 Å². The zero-order valence-corrected chi connectivity index (χ0v) is 17.2. The maximum atomic E-state index is 12.7. The number of anilines is 1. The summed E-state index contributed by atoms with van der Waals surface area (Å²) in [7, 11) is 0. The van der Waals surface area contributed by atoms with Crippen molar-refractivity contribution in [1.82, 2.24) is 9.88 Å². The summed E-state index contributed by atoms with van der Waals surface area (Å²) in [4.78, 5) is 32.0. The molecule has 4 rings (SSSR count). The van der Waals surface area contributed by atoms with Crippen LogP contribution in [0.5, 0.6) is 0 Å². The topological polar surface area (TPSA) is 79.6 Å². The second-order valence-corrected chi connectivity index (χ2v) is 8.39. The molecule has 0 aliphatic carbocycles. The Kier molecular flexibility index (Phi) is 5.19. The van der Waals surface area contributed by atoms with Crippen LogP contribution in [0, 0.1) is 24.0 Å². The van der Waals surface area contributed by atoms with Gasteiger partial charge >= 0.3 is 0 Å². The fraction of sp³-hybridized carbons (Fsp3) is 0.333. The lowest BCUT2D eigenvalue weighted by Crippen LogP contribution is -2.49. The molecule has 1 saturated heterocycles. The van der Waals surface area contributed by atoms with E-state index in [1.165, 1.54) is 23.0 Å². The minimum absolute atomic E-state index is 0.0783. The number of piperazine rings is 1. The Morgan fingerprint density at radius 3 is 2.59 bits per heavy atom. The van der Waals surface area contributed by atoms with Gasteiger partial charge in [0.1, 0.15) is 0 Å². The van der Waals surface area contributed by atoms with Gasteiger partial charge in [-0.3, -0.25) is 14.9 Å². The van der Waals surface area contributed by atoms with Gasteiger partial charge in [0.05, 0.1) is 21.6 Å². The van der Waals surface area contributed by atoms with Crippen molar-refractivity contribution in [2.45, 2.75) is 20.3 Å². The zero-order chi connectivity index (χ0) is 20.5. The lowest BCUT2D eigenvalue weighted by atomic mass is 10.0. The summed E-state index contributed by atoms with van der Waals surface area (Å²) in [5.74, 6) is 0.150. The molecular formula is C21H22N4O3S. The number of non-ortho nitro benzene ring substituents is 1. The molecule has 0 atom stereocenters. The number of fused-ring (bicyclic) bond motifs is 1. The van der Waals surface area contributed by atoms with E-state index in [9.17, 15) is 14.9 Å². The third kappa shape index (κ3) is 4.07. The smallest absolute Gasteiger partial charge is 0.270 e. The van der Waals surface area contributed by atoms with Crippen molar-refractivity contribution < 1.29 is 9.72 Å². The number of hydrogen-bond donors (Lipinski definition) is 0. The molecule has 3 aromatic rings. The van der Waals surface area contributed by atoms with Crippen LogP contribution in [0.15, 0.2) is 36.4 Å². The van der Waals surface area contributed by atoms with Gasteiger partial charge in [0.2, 0.25) is 5.91 Å². The molecule has 150 valence electrons. The number of aryl methyl sites for hydroxylation is 2. The zero-order valence-electron chi connectivity index (χ0n) is 16.4. The normalized spacial score (nSPS) is 14.4. The molecule has 0 radical (unpaired) electrons. The third-order valence-corrected chi connectivity index (χ3v) is 6.39. The third-order valence-electron chi connectivity index (χ3n) is 5.31. The Hall–Kier alpha value is -3.00. The molecule has 7 nitrogen and oxygen atoms in total. The average Bonchev–Trinajstić information content (AvgIpc) is 3.13. The summed E-state index contributed by atoms with van der Waals surface area (Å²) < 4.78 is 0.808. The fourth-order valence-corrected chi connectivity index (χ4v) is 4.67. The highest BCUT2D eigenvalue weighted by Crippen LogP contribution is 2.31. The number of nitrogens with zero attached hydrogens (tertiary/aromatic N) is 4. The summed E-state index contributed by atoms with van der Waals surface area (Å²) in [6.07, 6.45) is 0.427. The van der Waals surface area contributed by atoms with Crippen molar-refractivity contribution in [3.63, 3.8) is 0 Å². The Balaban J connectivity index is 1.40. The van der Waals surface area contributed by atoms with Crippen LogP contribution in [0.2, 0.25) is 0 Å². The van der Waals surface area contributed by atoms with Gasteiger partial charge in [-0.15, -0.1) is 0 Å². The van der Waals surface area contributed by atoms with Crippen LogP contribution in [0.4, 0.5) is 10.8 Å². The number of aromatic nitrogens is 1. The molecule has 0 unspecified atom stereocenters. The molecule has 0 N–H and O–H groups in total. The molecule has 1 aliphatic rings. The predicted octanol–water partition coefficient (Wildman–Crippen LogP) is 3.71. The van der Waals surface area contributed by atoms with Gasteiger partial charge in [0, 0.05) is 38.3 Å². The van der Waals surface area contributed by atoms with E-state index >= 15 is 0 Å². The predicted molar refractivity (Wildman–Crippen MR) is 115 cm³/mol. The fourth-order valence-electron chi connectivity index (χ4n) is 3.62. The maximum Gasteiger partial charge on any atom is 0.270 e. The van der Waals surface area contributed by atoms with Crippen LogP contribution in [0.3, 0.4) is 0 Å². The van der Waals surface area contributed by atoms with E-state index < -0.39 is 0 Å². The number of rotatable bonds is 4. The number of carbonyl (C=O) groups is 1. The molecular weight excluding hydrogens is 388 g/mol. The van der Waals surface area contributed by atoms with Gasteiger partial charge < -0.3 is 9.80 Å². The number of amides is 1. The Morgan fingerprint density at radius 1 is 1.14 bits per heavy atom. The van der Waals surface area contributed by atoms with E-state index in [1.54, 1.807) is 12.1 Å². The number of nitro benzene ring substituents is 1. The first-order valence-electron chi connectivity index (χ1n) is 9.54. The van der Waals surface area contributed by atoms with Crippen LogP contribution in [-0.4, -0.2) is 46.9 Å². The molecule has 29 heavy (non-hydrogen) atoms. The van der Waals surface area contributed by atoms with Crippen LogP contribution in [-0.2, 0) is 11.2 Å². The van der Waals surface area contributed by atoms with Gasteiger partial charge in [0.25, 0.3) is 5.69 Å². The Labute approximate surface area is 172 Å². The van der Waals surface area contributed by atoms with E-state index in [2.05, 4.69) is 22.9 Å². The van der Waals surface area contributed by atoms with Crippen molar-refractivity contribution in [3.8, 4) is 0 Å². The van der Waals surface area contributed by atoms with Gasteiger partial charge in [0.15, 0.2) is 5.13 Å². The van der Waals surface area contributed by atoms with Crippen LogP contribution >= 0.6 is 11.3 Å². The minimum atomic E-state index is -0.390. The minimum Gasteiger partial charge on any atom is -0.345 e. The average molecular weight is 410 g/mol. The molecule has 1 amide bonds. The highest BCUT2D eigenvalue weighted by Gasteiger charge is 2.24. The highest BCUT2D eigenvalue weighted by molar-refractivity contribution is 7.22. The van der Waals surface area contributed by atoms with Crippen molar-refractivity contribution >= 4 is 38.3 Å². The Morgan fingerprint density at radius 2 is 1.90 bits per heavy atom. The molecule has 2 aromatic carbocycles. The number of carbonyl (C=O) groups excluding carboxylic acids is 1. The second kappa shape index (κ2) is 7.79. The molecule has 2 heterocycles. The van der Waals surface area contributed by atoms with Crippen molar-refractivity contribution in [3.05, 3.63) is 63.2 Å². The van der Waals surface area contributed by atoms with Gasteiger partial charge in [-0.1, -0.05) is 35.1 Å². The number of hydrogen-bond acceptors (Lipinski definition) is 6. The highest BCUT2D eigenvalue weighted by atomic mass is 32.1. The van der Waals surface area contributed by atoms with Gasteiger partial charge in [-0.2, -0.15) is 0 Å². The monoisotopic (exact) mass is 410 g/mol. The lowest BCUT2D eigenvalue weighted by Gasteiger charge is -2.34. The summed E-state index contributed by atoms with van der Waals surface area (Å²) in [5.41, 5.74) is 4.28. The first kappa shape index (κ1) is 19.3. The number of benzene rings is 2. The molecule has 1 aromatic heterocycles. The van der Waals surface area contributed by atoms with E-state index in [0.717, 1.165) is 26.5 Å². The van der Waals surface area contributed by atoms with Crippen molar-refractivity contribution in [1.29, 1.82) is 0 Å². The Bertz CT molecular complexity index is 1090. The van der Waals surface area contributed by atoms with Gasteiger partial charge in [-0.25, -0.2) is 4.98 Å². The number of nitro groups is 1. The lowest BCUT2D eigenvalue weighted by molar-refractivity contribution is -0.384. The van der Waals surface area contributed by atoms with Crippen molar-refractivity contribution in [2.75, 3.05) is 31.1 Å². The standard InChI is InChI=1S/C21H22N4O3S/c1-14-3-4-16(15(2)11-14)12-20(26)23-7-9-24(10-8-23)21-22-18-6-5-17(25(27)28)13-19(18)29-21/h3-6,11,13H,7-10,12H2,1-2H3. The molecule has 0 bridgehead atoms. The molecule has 0 saturated carbocycles. The van der Waals surface area contributed by atoms with Crippen LogP contribution in [0.1, 0.15) is 16.7 Å². The first-order chi connectivity index (χ1) is 13.9. The largest absolute Gasteiger partial charge is 0.345 e. The quantitative estimate of drug-likeness (QED) is 0.484. The SMILES string of the molecule is Cc1ccc(CC(=O)N2CCN(c3nc4ccc([N+](=O)[O-])cc4s3)CC2)c(C)c1. The van der Waals surface area contributed by atoms with E-state index in [-0.39, 0.29) is 16.5 Å². The van der Waals surface area contributed by atoms with E-state index in [0.29, 0.717) is 32.6 Å². The van der Waals surface area contributed by atoms with Gasteiger partial charge in [-0.05, 0) is 31.0 Å². The summed E-state index contributed by atoms with van der Waals surface area (Å²) >= 11 is 1.46. The molecule has 8 heteroatoms. The first-order valence-corrected chi connectivity index (χ1v) is 10.4. The summed E-state index contributed by atoms with van der Waals surface area (Å²) in [6.45, 7) is 6.82. The van der Waals surface area contributed by atoms with E-state index in [1.807, 2.05) is 24.0 Å². The summed E-state index contributed by atoms with van der Waals surface area (Å²) in [6, 6.07) is 10.9. The molecule has 0 spiro atoms. The number of thiazole rings is 1. The molecule has 1 fully saturated rings. The van der Waals surface area contributed by atoms with Crippen molar-refractivity contribution in [2.24, 2.45) is 0 Å². The molecule has 1 aliphatic heterocycles. The summed E-state index contributed by atoms with van der Waals surface area (Å²) in [5, 5.41) is 11.8. The van der Waals surface area contributed by atoms with E-state index in [4.69, 9.17) is 0 Å². The maximum absolute atomic E-state index is 12.7. The second-order valence-electron chi connectivity index (χ2n) is 7.38. The van der Waals surface area contributed by atoms with Crippen LogP contribution in [0.25, 0.3) is 10.2 Å².